The molecule has 0 spiro atoms. The van der Waals surface area contributed by atoms with Crippen LogP contribution in [0.3, 0.4) is 0 Å². The summed E-state index contributed by atoms with van der Waals surface area (Å²) in [6.07, 6.45) is 1.86. The Labute approximate surface area is 84.1 Å². The van der Waals surface area contributed by atoms with Crippen LogP contribution in [0.15, 0.2) is 28.9 Å². The second-order valence-electron chi connectivity index (χ2n) is 3.95. The van der Waals surface area contributed by atoms with Gasteiger partial charge in [-0.2, -0.15) is 0 Å². The molecule has 2 aromatic rings. The quantitative estimate of drug-likeness (QED) is 0.722. The van der Waals surface area contributed by atoms with Gasteiger partial charge in [0.15, 0.2) is 0 Å². The fraction of sp³-hybridized carbons (Fsp3) is 0.333. The number of hydrogen-bond donors (Lipinski definition) is 0. The third kappa shape index (κ3) is 1.53. The van der Waals surface area contributed by atoms with Gasteiger partial charge in [0, 0.05) is 17.5 Å². The van der Waals surface area contributed by atoms with E-state index in [9.17, 15) is 0 Å². The molecule has 1 aromatic carbocycles. The summed E-state index contributed by atoms with van der Waals surface area (Å²) in [5.41, 5.74) is 3.48. The third-order valence-corrected chi connectivity index (χ3v) is 2.36. The number of aryl methyl sites for hydroxylation is 1. The zero-order valence-corrected chi connectivity index (χ0v) is 8.87. The highest BCUT2D eigenvalue weighted by molar-refractivity contribution is 5.83. The van der Waals surface area contributed by atoms with Gasteiger partial charge >= 0.3 is 0 Å². The molecule has 0 amide bonds. The van der Waals surface area contributed by atoms with Crippen molar-refractivity contribution in [2.75, 3.05) is 14.1 Å². The van der Waals surface area contributed by atoms with Gasteiger partial charge in [0.05, 0.1) is 6.26 Å². The summed E-state index contributed by atoms with van der Waals surface area (Å²) in [6, 6.07) is 6.27. The van der Waals surface area contributed by atoms with E-state index < -0.39 is 0 Å². The Bertz CT molecular complexity index is 443. The van der Waals surface area contributed by atoms with Crippen molar-refractivity contribution in [1.29, 1.82) is 0 Å². The molecule has 0 aliphatic carbocycles. The van der Waals surface area contributed by atoms with Crippen LogP contribution >= 0.6 is 0 Å². The molecule has 0 bridgehead atoms. The minimum Gasteiger partial charge on any atom is -0.464 e. The number of rotatable bonds is 2. The van der Waals surface area contributed by atoms with Crippen molar-refractivity contribution in [3.63, 3.8) is 0 Å². The fourth-order valence-electron chi connectivity index (χ4n) is 1.72. The lowest BCUT2D eigenvalue weighted by molar-refractivity contribution is 0.401. The average Bonchev–Trinajstić information content (AvgIpc) is 2.49. The molecule has 0 N–H and O–H groups in total. The van der Waals surface area contributed by atoms with E-state index >= 15 is 0 Å². The molecule has 0 fully saturated rings. The summed E-state index contributed by atoms with van der Waals surface area (Å²) in [5.74, 6) is 0. The molecule has 2 heteroatoms. The van der Waals surface area contributed by atoms with E-state index in [0.717, 1.165) is 12.1 Å². The van der Waals surface area contributed by atoms with Crippen molar-refractivity contribution in [3.05, 3.63) is 35.6 Å². The Balaban J connectivity index is 2.52. The van der Waals surface area contributed by atoms with Crippen molar-refractivity contribution in [1.82, 2.24) is 4.90 Å². The lowest BCUT2D eigenvalue weighted by atomic mass is 10.1. The number of furan rings is 1. The molecular formula is C12H15NO. The van der Waals surface area contributed by atoms with Crippen molar-refractivity contribution in [2.45, 2.75) is 13.5 Å². The van der Waals surface area contributed by atoms with E-state index in [2.05, 4.69) is 44.1 Å². The first kappa shape index (κ1) is 9.28. The summed E-state index contributed by atoms with van der Waals surface area (Å²) < 4.78 is 5.55. The van der Waals surface area contributed by atoms with E-state index in [1.54, 1.807) is 0 Å². The van der Waals surface area contributed by atoms with Crippen molar-refractivity contribution < 1.29 is 4.42 Å². The van der Waals surface area contributed by atoms with Crippen LogP contribution in [0, 0.1) is 6.92 Å². The van der Waals surface area contributed by atoms with Crippen LogP contribution < -0.4 is 0 Å². The van der Waals surface area contributed by atoms with E-state index in [1.165, 1.54) is 16.5 Å². The number of hydrogen-bond acceptors (Lipinski definition) is 2. The van der Waals surface area contributed by atoms with Crippen LogP contribution in [0.1, 0.15) is 11.1 Å². The van der Waals surface area contributed by atoms with Crippen LogP contribution in [-0.4, -0.2) is 19.0 Å². The zero-order chi connectivity index (χ0) is 10.1. The second-order valence-corrected chi connectivity index (χ2v) is 3.95. The van der Waals surface area contributed by atoms with Gasteiger partial charge in [-0.05, 0) is 26.6 Å². The van der Waals surface area contributed by atoms with Gasteiger partial charge in [0.1, 0.15) is 5.58 Å². The molecular weight excluding hydrogens is 174 g/mol. The maximum absolute atomic E-state index is 5.55. The summed E-state index contributed by atoms with van der Waals surface area (Å²) in [7, 11) is 4.13. The Morgan fingerprint density at radius 1 is 1.29 bits per heavy atom. The van der Waals surface area contributed by atoms with Crippen molar-refractivity contribution in [3.8, 4) is 0 Å². The minimum absolute atomic E-state index is 0.927. The van der Waals surface area contributed by atoms with E-state index in [-0.39, 0.29) is 0 Å². The highest BCUT2D eigenvalue weighted by Crippen LogP contribution is 2.24. The minimum atomic E-state index is 0.927. The molecule has 14 heavy (non-hydrogen) atoms. The Morgan fingerprint density at radius 3 is 2.79 bits per heavy atom. The van der Waals surface area contributed by atoms with Crippen LogP contribution in [0.2, 0.25) is 0 Å². The molecule has 0 saturated carbocycles. The van der Waals surface area contributed by atoms with Crippen molar-refractivity contribution in [2.24, 2.45) is 0 Å². The van der Waals surface area contributed by atoms with Gasteiger partial charge in [-0.15, -0.1) is 0 Å². The molecule has 1 aromatic heterocycles. The SMILES string of the molecule is Cc1cccc2c(CN(C)C)coc12. The number of nitrogens with zero attached hydrogens (tertiary/aromatic N) is 1. The molecule has 0 atom stereocenters. The topological polar surface area (TPSA) is 16.4 Å². The third-order valence-electron chi connectivity index (χ3n) is 2.36. The van der Waals surface area contributed by atoms with Crippen LogP contribution in [0.4, 0.5) is 0 Å². The smallest absolute Gasteiger partial charge is 0.137 e. The molecule has 74 valence electrons. The highest BCUT2D eigenvalue weighted by atomic mass is 16.3. The molecule has 0 radical (unpaired) electrons. The zero-order valence-electron chi connectivity index (χ0n) is 8.87. The predicted molar refractivity (Wildman–Crippen MR) is 58.3 cm³/mol. The van der Waals surface area contributed by atoms with E-state index in [0.29, 0.717) is 0 Å². The first-order valence-corrected chi connectivity index (χ1v) is 4.79. The highest BCUT2D eigenvalue weighted by Gasteiger charge is 2.07. The maximum atomic E-state index is 5.55. The lowest BCUT2D eigenvalue weighted by Gasteiger charge is -2.07. The Kier molecular flexibility index (Phi) is 2.30. The molecule has 0 unspecified atom stereocenters. The average molecular weight is 189 g/mol. The van der Waals surface area contributed by atoms with Gasteiger partial charge in [0.25, 0.3) is 0 Å². The van der Waals surface area contributed by atoms with Gasteiger partial charge < -0.3 is 9.32 Å². The van der Waals surface area contributed by atoms with E-state index in [1.807, 2.05) is 6.26 Å². The molecule has 0 saturated heterocycles. The fourth-order valence-corrected chi connectivity index (χ4v) is 1.72. The van der Waals surface area contributed by atoms with Crippen molar-refractivity contribution >= 4 is 11.0 Å². The maximum Gasteiger partial charge on any atom is 0.137 e. The van der Waals surface area contributed by atoms with E-state index in [4.69, 9.17) is 4.42 Å². The number of benzene rings is 1. The Morgan fingerprint density at radius 2 is 2.07 bits per heavy atom. The largest absolute Gasteiger partial charge is 0.464 e. The summed E-state index contributed by atoms with van der Waals surface area (Å²) in [5, 5.41) is 1.23. The molecule has 0 aliphatic rings. The van der Waals surface area contributed by atoms with Gasteiger partial charge in [-0.25, -0.2) is 0 Å². The van der Waals surface area contributed by atoms with Gasteiger partial charge in [-0.1, -0.05) is 18.2 Å². The number of para-hydroxylation sites is 1. The van der Waals surface area contributed by atoms with Crippen LogP contribution in [0.25, 0.3) is 11.0 Å². The monoisotopic (exact) mass is 189 g/mol. The summed E-state index contributed by atoms with van der Waals surface area (Å²) in [4.78, 5) is 2.15. The number of fused-ring (bicyclic) bond motifs is 1. The van der Waals surface area contributed by atoms with Gasteiger partial charge in [0.2, 0.25) is 0 Å². The molecule has 2 nitrogen and oxygen atoms in total. The van der Waals surface area contributed by atoms with Crippen LogP contribution in [-0.2, 0) is 6.54 Å². The molecule has 1 heterocycles. The van der Waals surface area contributed by atoms with Crippen LogP contribution in [0.5, 0.6) is 0 Å². The first-order valence-electron chi connectivity index (χ1n) is 4.79. The molecule has 2 rings (SSSR count). The Hall–Kier alpha value is -1.28. The predicted octanol–water partition coefficient (Wildman–Crippen LogP) is 2.80. The molecule has 0 aliphatic heterocycles. The van der Waals surface area contributed by atoms with Gasteiger partial charge in [-0.3, -0.25) is 0 Å². The normalized spacial score (nSPS) is 11.4. The standard InChI is InChI=1S/C12H15NO/c1-9-5-4-6-11-10(7-13(2)3)8-14-12(9)11/h4-6,8H,7H2,1-3H3. The summed E-state index contributed by atoms with van der Waals surface area (Å²) in [6.45, 7) is 3.00. The second kappa shape index (κ2) is 3.46. The summed E-state index contributed by atoms with van der Waals surface area (Å²) >= 11 is 0. The first-order chi connectivity index (χ1) is 6.68. The lowest BCUT2D eigenvalue weighted by Crippen LogP contribution is -2.09.